The highest BCUT2D eigenvalue weighted by Crippen LogP contribution is 2.40. The minimum absolute atomic E-state index is 0.00750. The number of ketones is 1. The van der Waals surface area contributed by atoms with Crippen LogP contribution in [0, 0.1) is 6.92 Å². The molecule has 0 aliphatic carbocycles. The number of carbonyl (C=O) groups excluding carboxylic acids is 2. The standard InChI is InChI=1S/C26H30BrNO4/c1-5-6-7-13-28-23(18-9-8-10-20(15-18)32-16(2)3)22(25(30)26(28)31)24(29)19-11-12-21(27)17(4)14-19/h8-12,14-16,23,29H,5-7,13H2,1-4H3/b24-22-. The van der Waals surface area contributed by atoms with Crippen molar-refractivity contribution in [2.45, 2.75) is 59.1 Å². The summed E-state index contributed by atoms with van der Waals surface area (Å²) in [5, 5.41) is 11.2. The fraction of sp³-hybridized carbons (Fsp3) is 0.385. The van der Waals surface area contributed by atoms with Crippen LogP contribution >= 0.6 is 15.9 Å². The van der Waals surface area contributed by atoms with Crippen molar-refractivity contribution in [3.63, 3.8) is 0 Å². The first kappa shape index (κ1) is 24.1. The smallest absolute Gasteiger partial charge is 0.295 e. The lowest BCUT2D eigenvalue weighted by atomic mass is 9.94. The second-order valence-corrected chi connectivity index (χ2v) is 9.26. The van der Waals surface area contributed by atoms with Gasteiger partial charge in [0, 0.05) is 16.6 Å². The third kappa shape index (κ3) is 5.07. The molecule has 5 nitrogen and oxygen atoms in total. The summed E-state index contributed by atoms with van der Waals surface area (Å²) in [5.74, 6) is -0.718. The number of halogens is 1. The summed E-state index contributed by atoms with van der Waals surface area (Å²) in [6.45, 7) is 8.34. The molecule has 1 heterocycles. The average Bonchev–Trinajstić information content (AvgIpc) is 3.00. The molecule has 0 saturated carbocycles. The minimum Gasteiger partial charge on any atom is -0.507 e. The van der Waals surface area contributed by atoms with Gasteiger partial charge in [0.15, 0.2) is 0 Å². The van der Waals surface area contributed by atoms with Crippen molar-refractivity contribution < 1.29 is 19.4 Å². The summed E-state index contributed by atoms with van der Waals surface area (Å²) in [7, 11) is 0. The Morgan fingerprint density at radius 3 is 2.56 bits per heavy atom. The number of rotatable bonds is 8. The van der Waals surface area contributed by atoms with Crippen LogP contribution in [0.15, 0.2) is 52.5 Å². The first-order valence-corrected chi connectivity index (χ1v) is 11.9. The summed E-state index contributed by atoms with van der Waals surface area (Å²) in [6.07, 6.45) is 2.74. The second-order valence-electron chi connectivity index (χ2n) is 8.40. The molecule has 0 bridgehead atoms. The number of hydrogen-bond donors (Lipinski definition) is 1. The Morgan fingerprint density at radius 2 is 1.91 bits per heavy atom. The lowest BCUT2D eigenvalue weighted by Crippen LogP contribution is -2.30. The van der Waals surface area contributed by atoms with E-state index in [1.807, 2.05) is 51.1 Å². The second kappa shape index (κ2) is 10.3. The molecule has 170 valence electrons. The fourth-order valence-electron chi connectivity index (χ4n) is 3.97. The number of Topliss-reactive ketones (excluding diaryl/α,β-unsaturated/α-hetero) is 1. The number of unbranched alkanes of at least 4 members (excludes halogenated alkanes) is 2. The number of nitrogens with zero attached hydrogens (tertiary/aromatic N) is 1. The molecular weight excluding hydrogens is 470 g/mol. The van der Waals surface area contributed by atoms with Gasteiger partial charge in [-0.1, -0.05) is 53.9 Å². The Hall–Kier alpha value is -2.60. The van der Waals surface area contributed by atoms with Crippen LogP contribution in [0.1, 0.15) is 62.8 Å². The summed E-state index contributed by atoms with van der Waals surface area (Å²) in [5.41, 5.74) is 2.30. The van der Waals surface area contributed by atoms with Crippen molar-refractivity contribution in [3.8, 4) is 5.75 Å². The van der Waals surface area contributed by atoms with Crippen LogP contribution in [-0.4, -0.2) is 34.3 Å². The third-order valence-corrected chi connectivity index (χ3v) is 6.41. The predicted molar refractivity (Wildman–Crippen MR) is 130 cm³/mol. The summed E-state index contributed by atoms with van der Waals surface area (Å²) >= 11 is 3.46. The summed E-state index contributed by atoms with van der Waals surface area (Å²) < 4.78 is 6.75. The van der Waals surface area contributed by atoms with Crippen LogP contribution in [-0.2, 0) is 9.59 Å². The largest absolute Gasteiger partial charge is 0.507 e. The Balaban J connectivity index is 2.14. The normalized spacial score (nSPS) is 17.9. The van der Waals surface area contributed by atoms with E-state index in [2.05, 4.69) is 22.9 Å². The number of aryl methyl sites for hydroxylation is 1. The molecule has 2 aromatic carbocycles. The molecule has 1 N–H and O–H groups in total. The van der Waals surface area contributed by atoms with Crippen molar-refractivity contribution in [1.82, 2.24) is 4.90 Å². The molecule has 0 spiro atoms. The van der Waals surface area contributed by atoms with E-state index in [1.54, 1.807) is 17.0 Å². The Labute approximate surface area is 198 Å². The zero-order valence-corrected chi connectivity index (χ0v) is 20.6. The van der Waals surface area contributed by atoms with E-state index in [0.29, 0.717) is 17.9 Å². The van der Waals surface area contributed by atoms with Gasteiger partial charge in [-0.05, 0) is 62.6 Å². The molecule has 1 unspecified atom stereocenters. The van der Waals surface area contributed by atoms with Crippen molar-refractivity contribution in [2.75, 3.05) is 6.54 Å². The number of carbonyl (C=O) groups is 2. The molecule has 3 rings (SSSR count). The van der Waals surface area contributed by atoms with E-state index in [4.69, 9.17) is 4.74 Å². The van der Waals surface area contributed by atoms with Crippen molar-refractivity contribution in [3.05, 3.63) is 69.2 Å². The summed E-state index contributed by atoms with van der Waals surface area (Å²) in [4.78, 5) is 27.7. The van der Waals surface area contributed by atoms with Gasteiger partial charge in [-0.2, -0.15) is 0 Å². The lowest BCUT2D eigenvalue weighted by molar-refractivity contribution is -0.139. The SMILES string of the molecule is CCCCCN1C(=O)C(=O)/C(=C(\O)c2ccc(Br)c(C)c2)C1c1cccc(OC(C)C)c1. The monoisotopic (exact) mass is 499 g/mol. The molecule has 1 amide bonds. The van der Waals surface area contributed by atoms with E-state index in [1.165, 1.54) is 0 Å². The molecular formula is C26H30BrNO4. The highest BCUT2D eigenvalue weighted by atomic mass is 79.9. The van der Waals surface area contributed by atoms with E-state index < -0.39 is 17.7 Å². The van der Waals surface area contributed by atoms with Crippen LogP contribution in [0.3, 0.4) is 0 Å². The fourth-order valence-corrected chi connectivity index (χ4v) is 4.21. The highest BCUT2D eigenvalue weighted by Gasteiger charge is 2.45. The van der Waals surface area contributed by atoms with Gasteiger partial charge in [0.2, 0.25) is 0 Å². The summed E-state index contributed by atoms with van der Waals surface area (Å²) in [6, 6.07) is 12.1. The predicted octanol–water partition coefficient (Wildman–Crippen LogP) is 6.16. The molecule has 6 heteroatoms. The Kier molecular flexibility index (Phi) is 7.77. The number of likely N-dealkylation sites (tertiary alicyclic amines) is 1. The molecule has 0 radical (unpaired) electrons. The van der Waals surface area contributed by atoms with E-state index >= 15 is 0 Å². The minimum atomic E-state index is -0.661. The maximum atomic E-state index is 13.1. The molecule has 0 aromatic heterocycles. The van der Waals surface area contributed by atoms with Gasteiger partial charge >= 0.3 is 0 Å². The van der Waals surface area contributed by atoms with Gasteiger partial charge in [-0.15, -0.1) is 0 Å². The molecule has 1 saturated heterocycles. The zero-order chi connectivity index (χ0) is 23.4. The molecule has 1 atom stereocenters. The van der Waals surface area contributed by atoms with Gasteiger partial charge in [0.1, 0.15) is 11.5 Å². The maximum absolute atomic E-state index is 13.1. The zero-order valence-electron chi connectivity index (χ0n) is 19.0. The average molecular weight is 500 g/mol. The van der Waals surface area contributed by atoms with Gasteiger partial charge in [-0.3, -0.25) is 9.59 Å². The highest BCUT2D eigenvalue weighted by molar-refractivity contribution is 9.10. The maximum Gasteiger partial charge on any atom is 0.295 e. The Bertz CT molecular complexity index is 1040. The van der Waals surface area contributed by atoms with Gasteiger partial charge < -0.3 is 14.7 Å². The van der Waals surface area contributed by atoms with Crippen LogP contribution in [0.4, 0.5) is 0 Å². The molecule has 32 heavy (non-hydrogen) atoms. The van der Waals surface area contributed by atoms with Crippen molar-refractivity contribution >= 4 is 33.4 Å². The number of aliphatic hydroxyl groups excluding tert-OH is 1. The van der Waals surface area contributed by atoms with Gasteiger partial charge in [0.05, 0.1) is 17.7 Å². The van der Waals surface area contributed by atoms with Crippen LogP contribution in [0.2, 0.25) is 0 Å². The number of aliphatic hydroxyl groups is 1. The van der Waals surface area contributed by atoms with Crippen LogP contribution in [0.5, 0.6) is 5.75 Å². The molecule has 1 fully saturated rings. The number of hydrogen-bond acceptors (Lipinski definition) is 4. The van der Waals surface area contributed by atoms with Crippen LogP contribution < -0.4 is 4.74 Å². The van der Waals surface area contributed by atoms with Gasteiger partial charge in [-0.25, -0.2) is 0 Å². The topological polar surface area (TPSA) is 66.8 Å². The Morgan fingerprint density at radius 1 is 1.16 bits per heavy atom. The number of amides is 1. The van der Waals surface area contributed by atoms with E-state index in [-0.39, 0.29) is 17.4 Å². The quantitative estimate of drug-likeness (QED) is 0.204. The lowest BCUT2D eigenvalue weighted by Gasteiger charge is -2.26. The number of ether oxygens (including phenoxy) is 1. The van der Waals surface area contributed by atoms with Crippen LogP contribution in [0.25, 0.3) is 5.76 Å². The number of benzene rings is 2. The third-order valence-electron chi connectivity index (χ3n) is 5.52. The first-order valence-electron chi connectivity index (χ1n) is 11.1. The first-order chi connectivity index (χ1) is 15.2. The van der Waals surface area contributed by atoms with E-state index in [9.17, 15) is 14.7 Å². The molecule has 1 aliphatic heterocycles. The van der Waals surface area contributed by atoms with Crippen molar-refractivity contribution in [1.29, 1.82) is 0 Å². The van der Waals surface area contributed by atoms with Gasteiger partial charge in [0.25, 0.3) is 11.7 Å². The van der Waals surface area contributed by atoms with E-state index in [0.717, 1.165) is 34.9 Å². The molecule has 1 aliphatic rings. The molecule has 2 aromatic rings. The van der Waals surface area contributed by atoms with Crippen molar-refractivity contribution in [2.24, 2.45) is 0 Å².